The molecule has 1 aliphatic carbocycles. The summed E-state index contributed by atoms with van der Waals surface area (Å²) in [6, 6.07) is 7.70. The van der Waals surface area contributed by atoms with Gasteiger partial charge in [-0.1, -0.05) is 35.9 Å². The van der Waals surface area contributed by atoms with E-state index in [0.717, 1.165) is 29.5 Å². The van der Waals surface area contributed by atoms with Crippen molar-refractivity contribution in [3.8, 4) is 0 Å². The molecule has 0 unspecified atom stereocenters. The first kappa shape index (κ1) is 8.52. The van der Waals surface area contributed by atoms with Gasteiger partial charge in [0.15, 0.2) is 5.78 Å². The van der Waals surface area contributed by atoms with Crippen LogP contribution in [0.15, 0.2) is 35.4 Å². The summed E-state index contributed by atoms with van der Waals surface area (Å²) >= 11 is 5.56. The van der Waals surface area contributed by atoms with E-state index in [0.29, 0.717) is 0 Å². The zero-order valence-corrected chi connectivity index (χ0v) is 7.84. The molecule has 66 valence electrons. The molecule has 1 aromatic rings. The molecule has 13 heavy (non-hydrogen) atoms. The minimum absolute atomic E-state index is 0.0804. The Morgan fingerprint density at radius 1 is 1.23 bits per heavy atom. The summed E-state index contributed by atoms with van der Waals surface area (Å²) in [4.78, 5) is 11.7. The average Bonchev–Trinajstić information content (AvgIpc) is 2.19. The third kappa shape index (κ3) is 1.40. The smallest absolute Gasteiger partial charge is 0.190 e. The Balaban J connectivity index is 2.51. The van der Waals surface area contributed by atoms with Gasteiger partial charge < -0.3 is 0 Å². The molecule has 0 fully saturated rings. The molecule has 0 aliphatic heterocycles. The molecule has 0 saturated heterocycles. The molecule has 0 bridgehead atoms. The van der Waals surface area contributed by atoms with E-state index >= 15 is 0 Å². The zero-order chi connectivity index (χ0) is 9.26. The van der Waals surface area contributed by atoms with Crippen LogP contribution in [-0.4, -0.2) is 5.78 Å². The number of halogens is 1. The normalized spacial score (nSPS) is 18.8. The molecule has 1 nitrogen and oxygen atoms in total. The fourth-order valence-electron chi connectivity index (χ4n) is 1.62. The summed E-state index contributed by atoms with van der Waals surface area (Å²) < 4.78 is 0. The number of Topliss-reactive ketones (excluding diaryl/α,β-unsaturated/α-hetero) is 1. The highest BCUT2D eigenvalue weighted by atomic mass is 35.5. The van der Waals surface area contributed by atoms with E-state index in [-0.39, 0.29) is 5.78 Å². The number of allylic oxidation sites excluding steroid dienone is 1. The number of fused-ring (bicyclic) bond motifs is 1. The standard InChI is InChI=1S/C11H9ClO/c12-7-9-6-5-8-3-1-2-4-10(8)11(9)13/h1-4,7H,5-6H2/b9-7+. The van der Waals surface area contributed by atoms with Crippen molar-refractivity contribution >= 4 is 17.4 Å². The molecular formula is C11H9ClO. The second kappa shape index (κ2) is 3.35. The molecule has 0 N–H and O–H groups in total. The van der Waals surface area contributed by atoms with Gasteiger partial charge in [-0.05, 0) is 18.4 Å². The lowest BCUT2D eigenvalue weighted by atomic mass is 9.88. The van der Waals surface area contributed by atoms with E-state index in [2.05, 4.69) is 0 Å². The number of hydrogen-bond donors (Lipinski definition) is 0. The molecule has 2 rings (SSSR count). The van der Waals surface area contributed by atoms with Gasteiger partial charge in [0.1, 0.15) is 0 Å². The first-order valence-electron chi connectivity index (χ1n) is 4.25. The Hall–Kier alpha value is -1.08. The van der Waals surface area contributed by atoms with Gasteiger partial charge in [-0.3, -0.25) is 4.79 Å². The summed E-state index contributed by atoms with van der Waals surface area (Å²) in [5, 5.41) is 0. The molecule has 0 aromatic heterocycles. The highest BCUT2D eigenvalue weighted by Gasteiger charge is 2.20. The summed E-state index contributed by atoms with van der Waals surface area (Å²) in [6.45, 7) is 0. The highest BCUT2D eigenvalue weighted by molar-refractivity contribution is 6.29. The summed E-state index contributed by atoms with van der Waals surface area (Å²) in [6.07, 6.45) is 1.68. The first-order valence-corrected chi connectivity index (χ1v) is 4.68. The predicted octanol–water partition coefficient (Wildman–Crippen LogP) is 2.94. The zero-order valence-electron chi connectivity index (χ0n) is 7.09. The Labute approximate surface area is 82.0 Å². The van der Waals surface area contributed by atoms with E-state index in [1.165, 1.54) is 5.54 Å². The second-order valence-corrected chi connectivity index (χ2v) is 3.34. The van der Waals surface area contributed by atoms with Gasteiger partial charge in [0.2, 0.25) is 0 Å². The Kier molecular flexibility index (Phi) is 2.19. The minimum Gasteiger partial charge on any atom is -0.289 e. The van der Waals surface area contributed by atoms with E-state index < -0.39 is 0 Å². The lowest BCUT2D eigenvalue weighted by molar-refractivity contribution is 0.102. The maximum atomic E-state index is 11.7. The van der Waals surface area contributed by atoms with Crippen molar-refractivity contribution in [1.29, 1.82) is 0 Å². The highest BCUT2D eigenvalue weighted by Crippen LogP contribution is 2.24. The van der Waals surface area contributed by atoms with Crippen LogP contribution in [0.2, 0.25) is 0 Å². The Morgan fingerprint density at radius 3 is 2.77 bits per heavy atom. The quantitative estimate of drug-likeness (QED) is 0.578. The number of rotatable bonds is 0. The van der Waals surface area contributed by atoms with Crippen LogP contribution in [0.4, 0.5) is 0 Å². The van der Waals surface area contributed by atoms with E-state index in [1.807, 2.05) is 24.3 Å². The summed E-state index contributed by atoms with van der Waals surface area (Å²) in [5.41, 5.74) is 4.06. The van der Waals surface area contributed by atoms with Crippen molar-refractivity contribution in [3.63, 3.8) is 0 Å². The molecule has 0 atom stereocenters. The van der Waals surface area contributed by atoms with Crippen LogP contribution in [0.3, 0.4) is 0 Å². The van der Waals surface area contributed by atoms with Crippen molar-refractivity contribution in [1.82, 2.24) is 0 Å². The van der Waals surface area contributed by atoms with E-state index in [4.69, 9.17) is 11.6 Å². The number of hydrogen-bond acceptors (Lipinski definition) is 1. The van der Waals surface area contributed by atoms with Crippen LogP contribution in [-0.2, 0) is 6.42 Å². The fraction of sp³-hybridized carbons (Fsp3) is 0.182. The Morgan fingerprint density at radius 2 is 2.00 bits per heavy atom. The van der Waals surface area contributed by atoms with Crippen molar-refractivity contribution in [2.24, 2.45) is 0 Å². The fourth-order valence-corrected chi connectivity index (χ4v) is 1.83. The average molecular weight is 193 g/mol. The molecular weight excluding hydrogens is 184 g/mol. The molecule has 2 heteroatoms. The van der Waals surface area contributed by atoms with Crippen LogP contribution in [0, 0.1) is 0 Å². The lowest BCUT2D eigenvalue weighted by Crippen LogP contribution is -2.13. The van der Waals surface area contributed by atoms with Crippen molar-refractivity contribution in [3.05, 3.63) is 46.5 Å². The van der Waals surface area contributed by atoms with Gasteiger partial charge in [0, 0.05) is 16.7 Å². The van der Waals surface area contributed by atoms with Crippen molar-refractivity contribution < 1.29 is 4.79 Å². The van der Waals surface area contributed by atoms with E-state index in [9.17, 15) is 4.79 Å². The lowest BCUT2D eigenvalue weighted by Gasteiger charge is -2.15. The molecule has 1 aromatic carbocycles. The molecule has 1 aliphatic rings. The SMILES string of the molecule is O=C1/C(=C/Cl)CCc2ccccc21. The van der Waals surface area contributed by atoms with Crippen molar-refractivity contribution in [2.45, 2.75) is 12.8 Å². The topological polar surface area (TPSA) is 17.1 Å². The van der Waals surface area contributed by atoms with Gasteiger partial charge >= 0.3 is 0 Å². The summed E-state index contributed by atoms with van der Waals surface area (Å²) in [5.74, 6) is 0.0804. The molecule has 0 spiro atoms. The molecule has 0 saturated carbocycles. The number of aryl methyl sites for hydroxylation is 1. The minimum atomic E-state index is 0.0804. The number of benzene rings is 1. The molecule has 0 amide bonds. The molecule has 0 heterocycles. The van der Waals surface area contributed by atoms with Gasteiger partial charge in [-0.15, -0.1) is 0 Å². The van der Waals surface area contributed by atoms with Gasteiger partial charge in [0.25, 0.3) is 0 Å². The van der Waals surface area contributed by atoms with Crippen LogP contribution >= 0.6 is 11.6 Å². The first-order chi connectivity index (χ1) is 6.33. The second-order valence-electron chi connectivity index (χ2n) is 3.12. The summed E-state index contributed by atoms with van der Waals surface area (Å²) in [7, 11) is 0. The maximum absolute atomic E-state index is 11.7. The number of ketones is 1. The predicted molar refractivity (Wildman–Crippen MR) is 53.0 cm³/mol. The maximum Gasteiger partial charge on any atom is 0.190 e. The third-order valence-electron chi connectivity index (χ3n) is 2.35. The number of carbonyl (C=O) groups is 1. The van der Waals surface area contributed by atoms with Gasteiger partial charge in [-0.2, -0.15) is 0 Å². The van der Waals surface area contributed by atoms with Gasteiger partial charge in [0.05, 0.1) is 0 Å². The van der Waals surface area contributed by atoms with Crippen LogP contribution in [0.25, 0.3) is 0 Å². The molecule has 0 radical (unpaired) electrons. The van der Waals surface area contributed by atoms with Gasteiger partial charge in [-0.25, -0.2) is 0 Å². The Bertz CT molecular complexity index is 379. The van der Waals surface area contributed by atoms with Crippen molar-refractivity contribution in [2.75, 3.05) is 0 Å². The third-order valence-corrected chi connectivity index (χ3v) is 2.61. The van der Waals surface area contributed by atoms with Crippen LogP contribution in [0.1, 0.15) is 22.3 Å². The van der Waals surface area contributed by atoms with Crippen LogP contribution in [0.5, 0.6) is 0 Å². The number of carbonyl (C=O) groups excluding carboxylic acids is 1. The van der Waals surface area contributed by atoms with E-state index in [1.54, 1.807) is 0 Å². The monoisotopic (exact) mass is 192 g/mol. The van der Waals surface area contributed by atoms with Crippen LogP contribution < -0.4 is 0 Å². The largest absolute Gasteiger partial charge is 0.289 e.